The molecule has 0 bridgehead atoms. The maximum atomic E-state index is 13.6. The minimum Gasteiger partial charge on any atom is -0.323 e. The number of carbonyl (C=O) groups is 2. The van der Waals surface area contributed by atoms with Crippen LogP contribution in [0.2, 0.25) is 0 Å². The third kappa shape index (κ3) is 4.94. The molecular formula is C22H23FN4O2. The highest BCUT2D eigenvalue weighted by Gasteiger charge is 2.16. The molecule has 0 saturated heterocycles. The van der Waals surface area contributed by atoms with Gasteiger partial charge >= 0.3 is 0 Å². The quantitative estimate of drug-likeness (QED) is 0.691. The second-order valence-corrected chi connectivity index (χ2v) is 7.26. The van der Waals surface area contributed by atoms with Gasteiger partial charge in [0.25, 0.3) is 5.91 Å². The Hall–Kier alpha value is -3.32. The van der Waals surface area contributed by atoms with E-state index in [0.29, 0.717) is 33.5 Å². The Morgan fingerprint density at radius 3 is 2.48 bits per heavy atom. The van der Waals surface area contributed by atoms with Crippen LogP contribution in [0, 0.1) is 19.7 Å². The predicted molar refractivity (Wildman–Crippen MR) is 113 cm³/mol. The van der Waals surface area contributed by atoms with E-state index in [1.807, 2.05) is 13.0 Å². The number of aryl methyl sites for hydroxylation is 2. The van der Waals surface area contributed by atoms with Crippen LogP contribution in [-0.2, 0) is 4.79 Å². The minimum atomic E-state index is -0.411. The highest BCUT2D eigenvalue weighted by molar-refractivity contribution is 6.14. The van der Waals surface area contributed by atoms with Crippen LogP contribution in [0.15, 0.2) is 42.5 Å². The van der Waals surface area contributed by atoms with Crippen LogP contribution in [-0.4, -0.2) is 42.3 Å². The Balaban J connectivity index is 1.94. The first-order chi connectivity index (χ1) is 13.7. The fourth-order valence-electron chi connectivity index (χ4n) is 3.06. The molecule has 0 aliphatic heterocycles. The molecule has 3 aromatic rings. The predicted octanol–water partition coefficient (Wildman–Crippen LogP) is 3.74. The van der Waals surface area contributed by atoms with Gasteiger partial charge in [0.05, 0.1) is 29.0 Å². The number of fused-ring (bicyclic) bond motifs is 1. The van der Waals surface area contributed by atoms with Gasteiger partial charge in [-0.05, 0) is 63.8 Å². The van der Waals surface area contributed by atoms with Crippen molar-refractivity contribution >= 4 is 34.1 Å². The van der Waals surface area contributed by atoms with E-state index >= 15 is 0 Å². The molecule has 150 valence electrons. The average Bonchev–Trinajstić information content (AvgIpc) is 2.62. The zero-order valence-corrected chi connectivity index (χ0v) is 16.8. The third-order valence-corrected chi connectivity index (χ3v) is 4.30. The number of amides is 2. The Morgan fingerprint density at radius 2 is 1.76 bits per heavy atom. The molecule has 7 heteroatoms. The molecular weight excluding hydrogens is 371 g/mol. The molecule has 0 atom stereocenters. The van der Waals surface area contributed by atoms with Gasteiger partial charge in [-0.15, -0.1) is 0 Å². The van der Waals surface area contributed by atoms with Crippen molar-refractivity contribution in [2.45, 2.75) is 13.8 Å². The maximum Gasteiger partial charge on any atom is 0.256 e. The van der Waals surface area contributed by atoms with Crippen molar-refractivity contribution in [3.63, 3.8) is 0 Å². The van der Waals surface area contributed by atoms with Gasteiger partial charge in [0.15, 0.2) is 0 Å². The maximum absolute atomic E-state index is 13.6. The zero-order valence-electron chi connectivity index (χ0n) is 16.8. The fraction of sp³-hybridized carbons (Fsp3) is 0.227. The Bertz CT molecular complexity index is 1090. The largest absolute Gasteiger partial charge is 0.323 e. The van der Waals surface area contributed by atoms with Crippen LogP contribution in [0.25, 0.3) is 10.9 Å². The lowest BCUT2D eigenvalue weighted by Crippen LogP contribution is -2.27. The molecule has 0 fully saturated rings. The van der Waals surface area contributed by atoms with Crippen molar-refractivity contribution in [3.8, 4) is 0 Å². The molecule has 1 aromatic heterocycles. The molecule has 2 amide bonds. The Morgan fingerprint density at radius 1 is 1.00 bits per heavy atom. The number of likely N-dealkylation sites (N-methyl/N-ethyl adjacent to an activating group) is 1. The van der Waals surface area contributed by atoms with Gasteiger partial charge in [0, 0.05) is 17.1 Å². The smallest absolute Gasteiger partial charge is 0.256 e. The summed E-state index contributed by atoms with van der Waals surface area (Å²) in [5.41, 5.74) is 3.35. The van der Waals surface area contributed by atoms with E-state index < -0.39 is 5.82 Å². The van der Waals surface area contributed by atoms with Crippen LogP contribution in [0.3, 0.4) is 0 Å². The van der Waals surface area contributed by atoms with E-state index in [4.69, 9.17) is 0 Å². The number of pyridine rings is 1. The first-order valence-electron chi connectivity index (χ1n) is 9.16. The van der Waals surface area contributed by atoms with Crippen LogP contribution < -0.4 is 10.6 Å². The van der Waals surface area contributed by atoms with E-state index in [1.54, 1.807) is 50.2 Å². The highest BCUT2D eigenvalue weighted by atomic mass is 19.1. The zero-order chi connectivity index (χ0) is 21.1. The van der Waals surface area contributed by atoms with Gasteiger partial charge in [-0.2, -0.15) is 0 Å². The van der Waals surface area contributed by atoms with Gasteiger partial charge < -0.3 is 15.5 Å². The van der Waals surface area contributed by atoms with E-state index in [-0.39, 0.29) is 18.4 Å². The molecule has 2 N–H and O–H groups in total. The molecule has 6 nitrogen and oxygen atoms in total. The molecule has 1 heterocycles. The molecule has 0 radical (unpaired) electrons. The molecule has 0 aliphatic rings. The summed E-state index contributed by atoms with van der Waals surface area (Å²) in [7, 11) is 3.61. The minimum absolute atomic E-state index is 0.185. The van der Waals surface area contributed by atoms with Gasteiger partial charge in [-0.3, -0.25) is 14.6 Å². The second kappa shape index (κ2) is 8.36. The molecule has 0 saturated carbocycles. The first kappa shape index (κ1) is 20.4. The van der Waals surface area contributed by atoms with E-state index in [1.165, 1.54) is 12.1 Å². The summed E-state index contributed by atoms with van der Waals surface area (Å²) in [6.45, 7) is 3.87. The Kier molecular flexibility index (Phi) is 5.89. The van der Waals surface area contributed by atoms with Crippen LogP contribution in [0.5, 0.6) is 0 Å². The molecule has 0 aliphatic carbocycles. The van der Waals surface area contributed by atoms with Gasteiger partial charge in [-0.25, -0.2) is 4.39 Å². The van der Waals surface area contributed by atoms with Crippen molar-refractivity contribution in [1.82, 2.24) is 9.88 Å². The van der Waals surface area contributed by atoms with Crippen molar-refractivity contribution in [1.29, 1.82) is 0 Å². The van der Waals surface area contributed by atoms with E-state index in [9.17, 15) is 14.0 Å². The number of nitrogens with zero attached hydrogens (tertiary/aromatic N) is 2. The summed E-state index contributed by atoms with van der Waals surface area (Å²) >= 11 is 0. The number of hydrogen-bond acceptors (Lipinski definition) is 4. The summed E-state index contributed by atoms with van der Waals surface area (Å²) in [4.78, 5) is 31.3. The number of carbonyl (C=O) groups excluding carboxylic acids is 2. The monoisotopic (exact) mass is 394 g/mol. The topological polar surface area (TPSA) is 74.3 Å². The van der Waals surface area contributed by atoms with E-state index in [0.717, 1.165) is 5.56 Å². The van der Waals surface area contributed by atoms with E-state index in [2.05, 4.69) is 15.6 Å². The number of benzene rings is 2. The SMILES string of the molecule is Cc1ccc(NC(=O)CN(C)C)c(NC(=O)c2cc(C)nc3cc(F)ccc23)c1. The lowest BCUT2D eigenvalue weighted by molar-refractivity contribution is -0.116. The van der Waals surface area contributed by atoms with Crippen molar-refractivity contribution < 1.29 is 14.0 Å². The first-order valence-corrected chi connectivity index (χ1v) is 9.16. The number of nitrogens with one attached hydrogen (secondary N) is 2. The lowest BCUT2D eigenvalue weighted by atomic mass is 10.1. The second-order valence-electron chi connectivity index (χ2n) is 7.26. The highest BCUT2D eigenvalue weighted by Crippen LogP contribution is 2.26. The summed E-state index contributed by atoms with van der Waals surface area (Å²) in [5.74, 6) is -0.956. The number of anilines is 2. The molecule has 3 rings (SSSR count). The number of halogens is 1. The van der Waals surface area contributed by atoms with Crippen LogP contribution >= 0.6 is 0 Å². The Labute approximate surface area is 168 Å². The molecule has 0 spiro atoms. The molecule has 2 aromatic carbocycles. The van der Waals surface area contributed by atoms with Crippen LogP contribution in [0.1, 0.15) is 21.6 Å². The van der Waals surface area contributed by atoms with Gasteiger partial charge in [0.2, 0.25) is 5.91 Å². The average molecular weight is 394 g/mol. The third-order valence-electron chi connectivity index (χ3n) is 4.30. The number of hydrogen-bond donors (Lipinski definition) is 2. The summed E-state index contributed by atoms with van der Waals surface area (Å²) in [5, 5.41) is 6.25. The van der Waals surface area contributed by atoms with Gasteiger partial charge in [0.1, 0.15) is 5.82 Å². The van der Waals surface area contributed by atoms with Crippen molar-refractivity contribution in [2.24, 2.45) is 0 Å². The van der Waals surface area contributed by atoms with Crippen molar-refractivity contribution in [2.75, 3.05) is 31.3 Å². The number of rotatable bonds is 5. The summed E-state index contributed by atoms with van der Waals surface area (Å²) in [6, 6.07) is 11.2. The molecule has 0 unspecified atom stereocenters. The summed E-state index contributed by atoms with van der Waals surface area (Å²) in [6.07, 6.45) is 0. The standard InChI is InChI=1S/C22H23FN4O2/c1-13-5-8-18(25-21(28)12-27(3)4)20(9-13)26-22(29)17-10-14(2)24-19-11-15(23)6-7-16(17)19/h5-11H,12H2,1-4H3,(H,25,28)(H,26,29). The van der Waals surface area contributed by atoms with Gasteiger partial charge in [-0.1, -0.05) is 6.07 Å². The van der Waals surface area contributed by atoms with Crippen LogP contribution in [0.4, 0.5) is 15.8 Å². The number of aromatic nitrogens is 1. The normalized spacial score (nSPS) is 11.0. The fourth-order valence-corrected chi connectivity index (χ4v) is 3.06. The molecule has 29 heavy (non-hydrogen) atoms. The van der Waals surface area contributed by atoms with Crippen molar-refractivity contribution in [3.05, 3.63) is 65.1 Å². The summed E-state index contributed by atoms with van der Waals surface area (Å²) < 4.78 is 13.6. The lowest BCUT2D eigenvalue weighted by Gasteiger charge is -2.15.